The maximum absolute atomic E-state index is 11.4. The Kier molecular flexibility index (Phi) is 12.3. The smallest absolute Gasteiger partial charge is 0.187 e. The third-order valence-electron chi connectivity index (χ3n) is 10.9. The molecule has 2 saturated heterocycles. The van der Waals surface area contributed by atoms with Crippen molar-refractivity contribution in [2.75, 3.05) is 26.4 Å². The monoisotopic (exact) mass is 646 g/mol. The van der Waals surface area contributed by atoms with Crippen LogP contribution in [-0.4, -0.2) is 140 Å². The lowest BCUT2D eigenvalue weighted by Crippen LogP contribution is -2.61. The molecule has 15 atom stereocenters. The van der Waals surface area contributed by atoms with Crippen molar-refractivity contribution in [3.63, 3.8) is 0 Å². The maximum atomic E-state index is 11.4. The van der Waals surface area contributed by atoms with Gasteiger partial charge in [0.05, 0.1) is 32.5 Å². The minimum absolute atomic E-state index is 0.0894. The van der Waals surface area contributed by atoms with Crippen LogP contribution in [0.3, 0.4) is 0 Å². The Morgan fingerprint density at radius 3 is 1.96 bits per heavy atom. The van der Waals surface area contributed by atoms with E-state index in [4.69, 9.17) is 18.9 Å². The highest BCUT2D eigenvalue weighted by atomic mass is 16.7. The van der Waals surface area contributed by atoms with Crippen LogP contribution in [0.5, 0.6) is 0 Å². The van der Waals surface area contributed by atoms with E-state index in [0.29, 0.717) is 6.42 Å². The first-order chi connectivity index (χ1) is 21.2. The molecule has 13 heteroatoms. The molecule has 2 saturated carbocycles. The summed E-state index contributed by atoms with van der Waals surface area (Å²) in [5.41, 5.74) is 1.23. The molecule has 15 unspecified atom stereocenters. The molecule has 4 fully saturated rings. The molecule has 0 spiro atoms. The zero-order chi connectivity index (χ0) is 33.3. The molecule has 9 N–H and O–H groups in total. The summed E-state index contributed by atoms with van der Waals surface area (Å²) in [4.78, 5) is 0. The van der Waals surface area contributed by atoms with Gasteiger partial charge in [-0.15, -0.1) is 0 Å². The zero-order valence-electron chi connectivity index (χ0n) is 26.5. The van der Waals surface area contributed by atoms with Crippen LogP contribution in [-0.2, 0) is 18.9 Å². The summed E-state index contributed by atoms with van der Waals surface area (Å²) < 4.78 is 22.6. The van der Waals surface area contributed by atoms with Crippen LogP contribution in [0, 0.1) is 22.7 Å². The van der Waals surface area contributed by atoms with Crippen molar-refractivity contribution in [2.45, 2.75) is 127 Å². The average Bonchev–Trinajstić information content (AvgIpc) is 2.99. The Morgan fingerprint density at radius 2 is 1.40 bits per heavy atom. The third-order valence-corrected chi connectivity index (χ3v) is 10.9. The summed E-state index contributed by atoms with van der Waals surface area (Å²) >= 11 is 0. The van der Waals surface area contributed by atoms with Crippen LogP contribution in [0.2, 0.25) is 0 Å². The third kappa shape index (κ3) is 7.51. The van der Waals surface area contributed by atoms with Gasteiger partial charge in [0.15, 0.2) is 12.6 Å². The lowest BCUT2D eigenvalue weighted by Gasteiger charge is -2.60. The molecule has 0 aromatic heterocycles. The lowest BCUT2D eigenvalue weighted by molar-refractivity contribution is -0.310. The predicted molar refractivity (Wildman–Crippen MR) is 159 cm³/mol. The van der Waals surface area contributed by atoms with Gasteiger partial charge in [-0.1, -0.05) is 44.1 Å². The minimum Gasteiger partial charge on any atom is -0.394 e. The van der Waals surface area contributed by atoms with Gasteiger partial charge in [0.2, 0.25) is 0 Å². The molecule has 0 bridgehead atoms. The molecule has 4 rings (SSSR count). The second kappa shape index (κ2) is 15.0. The average molecular weight is 647 g/mol. The molecule has 13 nitrogen and oxygen atoms in total. The molecule has 0 radical (unpaired) electrons. The molecular formula is C32H54O13. The first-order valence-electron chi connectivity index (χ1n) is 16.0. The van der Waals surface area contributed by atoms with E-state index in [-0.39, 0.29) is 30.5 Å². The summed E-state index contributed by atoms with van der Waals surface area (Å²) in [5.74, 6) is -0.0505. The summed E-state index contributed by atoms with van der Waals surface area (Å²) in [6.07, 6.45) is -7.74. The molecule has 2 aliphatic heterocycles. The second-order valence-corrected chi connectivity index (χ2v) is 14.1. The number of fused-ring (bicyclic) bond motifs is 1. The minimum atomic E-state index is -1.53. The molecule has 2 aliphatic carbocycles. The number of aliphatic hydroxyl groups is 9. The van der Waals surface area contributed by atoms with E-state index < -0.39 is 86.1 Å². The summed E-state index contributed by atoms with van der Waals surface area (Å²) in [5, 5.41) is 91.3. The quantitative estimate of drug-likeness (QED) is 0.124. The summed E-state index contributed by atoms with van der Waals surface area (Å²) in [7, 11) is 0. The predicted octanol–water partition coefficient (Wildman–Crippen LogP) is -0.904. The van der Waals surface area contributed by atoms with Gasteiger partial charge >= 0.3 is 0 Å². The van der Waals surface area contributed by atoms with Gasteiger partial charge in [0, 0.05) is 0 Å². The van der Waals surface area contributed by atoms with Crippen molar-refractivity contribution in [3.8, 4) is 0 Å². The van der Waals surface area contributed by atoms with Gasteiger partial charge in [-0.25, -0.2) is 0 Å². The normalized spacial score (nSPS) is 47.9. The van der Waals surface area contributed by atoms with Crippen molar-refractivity contribution >= 4 is 0 Å². The van der Waals surface area contributed by atoms with Gasteiger partial charge < -0.3 is 64.9 Å². The van der Waals surface area contributed by atoms with Crippen LogP contribution in [0.15, 0.2) is 23.8 Å². The summed E-state index contributed by atoms with van der Waals surface area (Å²) in [6.45, 7) is 9.74. The van der Waals surface area contributed by atoms with Gasteiger partial charge in [0.25, 0.3) is 0 Å². The Balaban J connectivity index is 1.39. The largest absolute Gasteiger partial charge is 0.394 e. The van der Waals surface area contributed by atoms with E-state index in [1.54, 1.807) is 0 Å². The number of hydrogen-bond donors (Lipinski definition) is 9. The van der Waals surface area contributed by atoms with E-state index in [2.05, 4.69) is 20.4 Å². The fourth-order valence-electron chi connectivity index (χ4n) is 8.41. The standard InChI is InChI=1S/C32H54O13/c1-16(8-11-42-29-26(40)24(38)22(36)20(13-33)44-29)6-7-18-17(2)12-19(35)28-31(3,9-5-10-32(18,28)4)15-43-30-27(41)25(39)23(37)21(14-34)45-30/h8,18-30,33-41H,2,5-7,9-15H2,1,3-4H3. The zero-order valence-corrected chi connectivity index (χ0v) is 26.5. The lowest BCUT2D eigenvalue weighted by atomic mass is 9.46. The molecule has 4 aliphatic rings. The first kappa shape index (κ1) is 36.8. The molecular weight excluding hydrogens is 592 g/mol. The van der Waals surface area contributed by atoms with Crippen LogP contribution < -0.4 is 0 Å². The highest BCUT2D eigenvalue weighted by Gasteiger charge is 2.58. The maximum Gasteiger partial charge on any atom is 0.187 e. The van der Waals surface area contributed by atoms with E-state index in [0.717, 1.165) is 43.3 Å². The highest BCUT2D eigenvalue weighted by molar-refractivity contribution is 5.19. The molecule has 0 aromatic carbocycles. The van der Waals surface area contributed by atoms with Crippen molar-refractivity contribution < 1.29 is 64.9 Å². The summed E-state index contributed by atoms with van der Waals surface area (Å²) in [6, 6.07) is 0. The Bertz CT molecular complexity index is 1020. The Morgan fingerprint density at radius 1 is 0.844 bits per heavy atom. The van der Waals surface area contributed by atoms with Crippen LogP contribution in [0.25, 0.3) is 0 Å². The van der Waals surface area contributed by atoms with Crippen LogP contribution in [0.1, 0.15) is 59.3 Å². The Labute approximate surface area is 264 Å². The van der Waals surface area contributed by atoms with Crippen LogP contribution in [0.4, 0.5) is 0 Å². The fourth-order valence-corrected chi connectivity index (χ4v) is 8.41. The number of rotatable bonds is 11. The van der Waals surface area contributed by atoms with E-state index in [1.165, 1.54) is 0 Å². The topological polar surface area (TPSA) is 219 Å². The SMILES string of the molecule is C=C1CC(O)C2C(C)(COC3OC(CO)C(O)C(O)C3O)CCCC2(C)C1CCC(C)=CCOC1OC(CO)C(O)C(O)C1O. The second-order valence-electron chi connectivity index (χ2n) is 14.1. The first-order valence-corrected chi connectivity index (χ1v) is 16.0. The van der Waals surface area contributed by atoms with Gasteiger partial charge in [-0.05, 0) is 61.7 Å². The molecule has 260 valence electrons. The highest BCUT2D eigenvalue weighted by Crippen LogP contribution is 2.62. The Hall–Kier alpha value is -1.04. The number of hydrogen-bond acceptors (Lipinski definition) is 13. The van der Waals surface area contributed by atoms with Crippen molar-refractivity contribution in [2.24, 2.45) is 22.7 Å². The van der Waals surface area contributed by atoms with Crippen molar-refractivity contribution in [1.29, 1.82) is 0 Å². The van der Waals surface area contributed by atoms with Gasteiger partial charge in [-0.2, -0.15) is 0 Å². The molecule has 45 heavy (non-hydrogen) atoms. The number of ether oxygens (including phenoxy) is 4. The van der Waals surface area contributed by atoms with E-state index in [9.17, 15) is 46.0 Å². The van der Waals surface area contributed by atoms with E-state index in [1.807, 2.05) is 13.0 Å². The van der Waals surface area contributed by atoms with Crippen LogP contribution >= 0.6 is 0 Å². The van der Waals surface area contributed by atoms with Crippen molar-refractivity contribution in [1.82, 2.24) is 0 Å². The molecule has 2 heterocycles. The van der Waals surface area contributed by atoms with Gasteiger partial charge in [-0.3, -0.25) is 0 Å². The van der Waals surface area contributed by atoms with E-state index >= 15 is 0 Å². The van der Waals surface area contributed by atoms with Gasteiger partial charge in [0.1, 0.15) is 48.8 Å². The molecule has 0 aromatic rings. The number of allylic oxidation sites excluding steroid dienone is 1. The van der Waals surface area contributed by atoms with Crippen molar-refractivity contribution in [3.05, 3.63) is 23.8 Å². The fraction of sp³-hybridized carbons (Fsp3) is 0.875. The number of aliphatic hydroxyl groups excluding tert-OH is 9. The molecule has 0 amide bonds.